The molecule has 40 heavy (non-hydrogen) atoms. The first-order valence-corrected chi connectivity index (χ1v) is 23.7. The molecule has 0 aliphatic heterocycles. The zero-order valence-corrected chi connectivity index (χ0v) is 31.3. The van der Waals surface area contributed by atoms with Gasteiger partial charge in [0.1, 0.15) is 0 Å². The van der Waals surface area contributed by atoms with Crippen LogP contribution in [0.1, 0.15) is 32.7 Å². The molecule has 0 spiro atoms. The van der Waals surface area contributed by atoms with E-state index in [0.717, 1.165) is 39.8 Å². The molecule has 0 saturated heterocycles. The lowest BCUT2D eigenvalue weighted by Gasteiger charge is -2.48. The van der Waals surface area contributed by atoms with Gasteiger partial charge >= 0.3 is 0 Å². The summed E-state index contributed by atoms with van der Waals surface area (Å²) in [4.78, 5) is 1.02. The molecule has 8 heteroatoms. The molecule has 2 unspecified atom stereocenters. The topological polar surface area (TPSA) is 18.5 Å². The summed E-state index contributed by atoms with van der Waals surface area (Å²) < 4.78 is 16.8. The van der Waals surface area contributed by atoms with Crippen molar-refractivity contribution in [1.29, 1.82) is 0 Å². The highest BCUT2D eigenvalue weighted by Crippen LogP contribution is 2.53. The van der Waals surface area contributed by atoms with Crippen LogP contribution in [-0.2, 0) is 20.1 Å². The highest BCUT2D eigenvalue weighted by Gasteiger charge is 2.54. The number of rotatable bonds is 4. The Balaban J connectivity index is 1.94. The Labute approximate surface area is 275 Å². The summed E-state index contributed by atoms with van der Waals surface area (Å²) >= 11 is 8.10. The Morgan fingerprint density at radius 3 is 1.68 bits per heavy atom. The fourth-order valence-corrected chi connectivity index (χ4v) is 9.49. The van der Waals surface area contributed by atoms with Gasteiger partial charge in [0.15, 0.2) is 27.8 Å². The molecule has 2 aromatic carbocycles. The molecule has 2 nitrogen and oxygen atoms in total. The van der Waals surface area contributed by atoms with Gasteiger partial charge in [-0.25, -0.2) is 0 Å². The maximum Gasteiger partial charge on any atom is 0.186 e. The van der Waals surface area contributed by atoms with Crippen molar-refractivity contribution in [3.8, 4) is 23.7 Å². The van der Waals surface area contributed by atoms with Gasteiger partial charge in [-0.3, -0.25) is 0 Å². The average Bonchev–Trinajstić information content (AvgIpc) is 3.57. The minimum absolute atomic E-state index is 0.957. The van der Waals surface area contributed by atoms with Gasteiger partial charge in [-0.1, -0.05) is 41.9 Å². The van der Waals surface area contributed by atoms with Gasteiger partial charge in [-0.15, -0.1) is 11.3 Å². The molecule has 4 aromatic rings. The number of fused-ring (bicyclic) bond motifs is 2. The van der Waals surface area contributed by atoms with Crippen molar-refractivity contribution in [2.75, 3.05) is 0 Å². The SMILES string of the molecule is C[Si](C)(C)OC1(C#Cc2ccsc2)c2ccc(I)cc2C(C#Cc2cccs2)(O[Si](C)(C)C)c2ccc(I)cc21. The van der Waals surface area contributed by atoms with Crippen LogP contribution in [0.5, 0.6) is 0 Å². The number of halogens is 2. The average molecular weight is 821 g/mol. The van der Waals surface area contributed by atoms with E-state index in [-0.39, 0.29) is 0 Å². The molecule has 1 aliphatic rings. The minimum atomic E-state index is -2.13. The smallest absolute Gasteiger partial charge is 0.186 e. The van der Waals surface area contributed by atoms with E-state index in [1.54, 1.807) is 22.7 Å². The standard InChI is InChI=1S/C32H30I2O2S2Si2/c1-39(2,3)35-31(16-13-23-15-19-37-22-23)27-11-9-25(34)21-30(27)32(36-40(4,5)6,17-14-26-8-7-18-38-26)28-12-10-24(33)20-29(28)31/h7-12,15,18-22H,1-6H3. The third-order valence-corrected chi connectivity index (χ3v) is 10.8. The molecule has 5 rings (SSSR count). The van der Waals surface area contributed by atoms with Gasteiger partial charge in [0.2, 0.25) is 0 Å². The van der Waals surface area contributed by atoms with Crippen LogP contribution in [0.3, 0.4) is 0 Å². The largest absolute Gasteiger partial charge is 0.395 e. The van der Waals surface area contributed by atoms with Crippen LogP contribution in [0, 0.1) is 30.8 Å². The maximum atomic E-state index is 7.26. The lowest BCUT2D eigenvalue weighted by atomic mass is 9.68. The molecular formula is C32H30I2O2S2Si2. The number of hydrogen-bond acceptors (Lipinski definition) is 4. The first kappa shape index (κ1) is 30.2. The fourth-order valence-electron chi connectivity index (χ4n) is 4.97. The van der Waals surface area contributed by atoms with E-state index in [1.165, 1.54) is 0 Å². The quantitative estimate of drug-likeness (QED) is 0.116. The van der Waals surface area contributed by atoms with E-state index in [4.69, 9.17) is 8.85 Å². The molecule has 2 aromatic heterocycles. The maximum absolute atomic E-state index is 7.26. The summed E-state index contributed by atoms with van der Waals surface area (Å²) in [5.74, 6) is 14.4. The first-order valence-electron chi connectivity index (χ1n) is 12.9. The lowest BCUT2D eigenvalue weighted by molar-refractivity contribution is 0.116. The minimum Gasteiger partial charge on any atom is -0.395 e. The Morgan fingerprint density at radius 2 is 1.23 bits per heavy atom. The molecule has 0 N–H and O–H groups in total. The molecule has 2 heterocycles. The third-order valence-electron chi connectivity index (χ3n) is 6.19. The fraction of sp³-hybridized carbons (Fsp3) is 0.250. The van der Waals surface area contributed by atoms with Crippen LogP contribution in [0.2, 0.25) is 39.3 Å². The molecule has 0 fully saturated rings. The molecular weight excluding hydrogens is 790 g/mol. The van der Waals surface area contributed by atoms with E-state index in [1.807, 2.05) is 6.07 Å². The van der Waals surface area contributed by atoms with Gasteiger partial charge < -0.3 is 8.85 Å². The summed E-state index contributed by atoms with van der Waals surface area (Å²) in [6, 6.07) is 19.3. The normalized spacial score (nSPS) is 20.0. The second-order valence-electron chi connectivity index (χ2n) is 11.7. The molecule has 204 valence electrons. The molecule has 0 amide bonds. The van der Waals surface area contributed by atoms with Gasteiger partial charge in [-0.05, 0) is 132 Å². The van der Waals surface area contributed by atoms with Crippen LogP contribution in [0.4, 0.5) is 0 Å². The van der Waals surface area contributed by atoms with Crippen LogP contribution in [0.25, 0.3) is 0 Å². The highest BCUT2D eigenvalue weighted by molar-refractivity contribution is 14.1. The van der Waals surface area contributed by atoms with Crippen LogP contribution < -0.4 is 0 Å². The van der Waals surface area contributed by atoms with Gasteiger partial charge in [0.25, 0.3) is 0 Å². The Bertz CT molecular complexity index is 1540. The van der Waals surface area contributed by atoms with Crippen molar-refractivity contribution >= 4 is 84.5 Å². The van der Waals surface area contributed by atoms with E-state index >= 15 is 0 Å². The predicted octanol–water partition coefficient (Wildman–Crippen LogP) is 9.63. The summed E-state index contributed by atoms with van der Waals surface area (Å²) in [6.45, 7) is 13.4. The monoisotopic (exact) mass is 820 g/mol. The number of hydrogen-bond donors (Lipinski definition) is 0. The van der Waals surface area contributed by atoms with Gasteiger partial charge in [0.05, 0.1) is 4.88 Å². The third kappa shape index (κ3) is 6.25. The zero-order chi connectivity index (χ0) is 28.8. The van der Waals surface area contributed by atoms with Gasteiger partial charge in [0, 0.05) is 40.3 Å². The Morgan fingerprint density at radius 1 is 0.675 bits per heavy atom. The van der Waals surface area contributed by atoms with Crippen molar-refractivity contribution in [3.05, 3.63) is 111 Å². The summed E-state index contributed by atoms with van der Waals surface area (Å²) in [7, 11) is -4.27. The highest BCUT2D eigenvalue weighted by atomic mass is 127. The van der Waals surface area contributed by atoms with Crippen molar-refractivity contribution in [3.63, 3.8) is 0 Å². The van der Waals surface area contributed by atoms with Crippen molar-refractivity contribution in [1.82, 2.24) is 0 Å². The van der Waals surface area contributed by atoms with Crippen molar-refractivity contribution in [2.24, 2.45) is 0 Å². The Kier molecular flexibility index (Phi) is 8.66. The summed E-state index contributed by atoms with van der Waals surface area (Å²) in [6.07, 6.45) is 0. The van der Waals surface area contributed by atoms with Crippen LogP contribution in [0.15, 0.2) is 70.7 Å². The predicted molar refractivity (Wildman–Crippen MR) is 191 cm³/mol. The number of thiophene rings is 2. The molecule has 1 aliphatic carbocycles. The lowest BCUT2D eigenvalue weighted by Crippen LogP contribution is -2.51. The van der Waals surface area contributed by atoms with E-state index in [9.17, 15) is 0 Å². The number of benzene rings is 2. The second kappa shape index (κ2) is 11.5. The van der Waals surface area contributed by atoms with Gasteiger partial charge in [-0.2, -0.15) is 11.3 Å². The van der Waals surface area contributed by atoms with E-state index in [0.29, 0.717) is 0 Å². The van der Waals surface area contributed by atoms with Crippen molar-refractivity contribution < 1.29 is 8.85 Å². The zero-order valence-electron chi connectivity index (χ0n) is 23.3. The first-order chi connectivity index (χ1) is 18.8. The summed E-state index contributed by atoms with van der Waals surface area (Å²) in [5.41, 5.74) is 3.17. The summed E-state index contributed by atoms with van der Waals surface area (Å²) in [5, 5.41) is 6.22. The van der Waals surface area contributed by atoms with E-state index in [2.05, 4.69) is 173 Å². The van der Waals surface area contributed by atoms with E-state index < -0.39 is 27.8 Å². The van der Waals surface area contributed by atoms with Crippen molar-refractivity contribution in [2.45, 2.75) is 50.5 Å². The van der Waals surface area contributed by atoms with Crippen LogP contribution >= 0.6 is 67.9 Å². The molecule has 0 bridgehead atoms. The molecule has 0 saturated carbocycles. The van der Waals surface area contributed by atoms with Crippen LogP contribution in [-0.4, -0.2) is 16.6 Å². The molecule has 2 atom stereocenters. The molecule has 0 radical (unpaired) electrons. The second-order valence-corrected chi connectivity index (χ2v) is 24.7. The Hall–Kier alpha value is -1.23.